The van der Waals surface area contributed by atoms with Gasteiger partial charge in [0.15, 0.2) is 0 Å². The van der Waals surface area contributed by atoms with E-state index in [4.69, 9.17) is 8.83 Å². The van der Waals surface area contributed by atoms with Crippen LogP contribution in [0.4, 0.5) is 17.1 Å². The highest BCUT2D eigenvalue weighted by molar-refractivity contribution is 6.18. The van der Waals surface area contributed by atoms with Gasteiger partial charge in [0.05, 0.1) is 11.0 Å². The lowest BCUT2D eigenvalue weighted by Gasteiger charge is -2.26. The van der Waals surface area contributed by atoms with Crippen LogP contribution >= 0.6 is 0 Å². The number of aromatic nitrogens is 1. The molecule has 10 aromatic carbocycles. The molecule has 68 heavy (non-hydrogen) atoms. The third-order valence-electron chi connectivity index (χ3n) is 13.8. The van der Waals surface area contributed by atoms with Crippen LogP contribution < -0.4 is 4.90 Å². The normalized spacial score (nSPS) is 11.8. The summed E-state index contributed by atoms with van der Waals surface area (Å²) in [7, 11) is 0. The van der Waals surface area contributed by atoms with E-state index in [0.29, 0.717) is 0 Å². The van der Waals surface area contributed by atoms with Crippen LogP contribution in [0.3, 0.4) is 0 Å². The first-order valence-electron chi connectivity index (χ1n) is 23.1. The maximum atomic E-state index is 6.43. The van der Waals surface area contributed by atoms with Gasteiger partial charge in [0.1, 0.15) is 22.3 Å². The first-order valence-corrected chi connectivity index (χ1v) is 23.1. The molecule has 0 fully saturated rings. The molecule has 0 aliphatic rings. The average Bonchev–Trinajstić information content (AvgIpc) is 4.08. The van der Waals surface area contributed by atoms with Crippen LogP contribution in [0, 0.1) is 0 Å². The Morgan fingerprint density at radius 3 is 1.56 bits per heavy atom. The van der Waals surface area contributed by atoms with Gasteiger partial charge < -0.3 is 18.1 Å². The van der Waals surface area contributed by atoms with E-state index < -0.39 is 0 Å². The number of hydrogen-bond donors (Lipinski definition) is 0. The van der Waals surface area contributed by atoms with Crippen LogP contribution in [0.2, 0.25) is 0 Å². The Bertz CT molecular complexity index is 4160. The molecule has 4 heterocycles. The van der Waals surface area contributed by atoms with Crippen molar-refractivity contribution in [2.24, 2.45) is 0 Å². The molecular formula is C64H40N2O2. The molecule has 0 radical (unpaired) electrons. The quantitative estimate of drug-likeness (QED) is 0.160. The fourth-order valence-corrected chi connectivity index (χ4v) is 10.6. The van der Waals surface area contributed by atoms with Crippen LogP contribution in [0.25, 0.3) is 116 Å². The Hall–Kier alpha value is -9.12. The number of furan rings is 2. The second-order valence-electron chi connectivity index (χ2n) is 17.7. The molecular weight excluding hydrogens is 829 g/mol. The Morgan fingerprint density at radius 2 is 0.853 bits per heavy atom. The molecule has 0 aliphatic heterocycles. The zero-order valence-corrected chi connectivity index (χ0v) is 36.8. The molecule has 0 atom stereocenters. The van der Waals surface area contributed by atoms with Gasteiger partial charge in [-0.2, -0.15) is 0 Å². The zero-order chi connectivity index (χ0) is 44.7. The second kappa shape index (κ2) is 15.2. The van der Waals surface area contributed by atoms with Crippen LogP contribution in [0.15, 0.2) is 252 Å². The molecule has 14 aromatic rings. The van der Waals surface area contributed by atoms with E-state index in [-0.39, 0.29) is 0 Å². The number of pyridine rings is 1. The highest BCUT2D eigenvalue weighted by Gasteiger charge is 2.20. The lowest BCUT2D eigenvalue weighted by atomic mass is 9.93. The molecule has 0 amide bonds. The topological polar surface area (TPSA) is 33.9 Å². The minimum Gasteiger partial charge on any atom is -0.456 e. The minimum absolute atomic E-state index is 0.845. The molecule has 0 saturated carbocycles. The van der Waals surface area contributed by atoms with Gasteiger partial charge in [0, 0.05) is 73.3 Å². The number of hydrogen-bond acceptors (Lipinski definition) is 3. The van der Waals surface area contributed by atoms with Crippen molar-refractivity contribution in [3.63, 3.8) is 0 Å². The van der Waals surface area contributed by atoms with Crippen molar-refractivity contribution >= 4 is 88.1 Å². The minimum atomic E-state index is 0.845. The largest absolute Gasteiger partial charge is 0.456 e. The number of nitrogens with zero attached hydrogens (tertiary/aromatic N) is 2. The smallest absolute Gasteiger partial charge is 0.137 e. The van der Waals surface area contributed by atoms with Gasteiger partial charge in [-0.3, -0.25) is 0 Å². The molecule has 0 spiro atoms. The molecule has 0 bridgehead atoms. The van der Waals surface area contributed by atoms with Gasteiger partial charge in [0.25, 0.3) is 0 Å². The lowest BCUT2D eigenvalue weighted by molar-refractivity contribution is 0.669. The number of para-hydroxylation sites is 3. The third kappa shape index (κ3) is 6.08. The summed E-state index contributed by atoms with van der Waals surface area (Å²) in [5, 5.41) is 8.14. The predicted octanol–water partition coefficient (Wildman–Crippen LogP) is 18.2. The van der Waals surface area contributed by atoms with E-state index in [1.54, 1.807) is 0 Å². The van der Waals surface area contributed by atoms with E-state index in [9.17, 15) is 0 Å². The lowest BCUT2D eigenvalue weighted by Crippen LogP contribution is -2.09. The fourth-order valence-electron chi connectivity index (χ4n) is 10.6. The fraction of sp³-hybridized carbons (Fsp3) is 0. The van der Waals surface area contributed by atoms with Crippen molar-refractivity contribution in [2.75, 3.05) is 4.90 Å². The van der Waals surface area contributed by atoms with Crippen molar-refractivity contribution in [3.05, 3.63) is 243 Å². The van der Waals surface area contributed by atoms with Gasteiger partial charge in [-0.25, -0.2) is 0 Å². The Labute approximate surface area is 391 Å². The van der Waals surface area contributed by atoms with Crippen molar-refractivity contribution in [3.8, 4) is 44.5 Å². The maximum Gasteiger partial charge on any atom is 0.137 e. The maximum absolute atomic E-state index is 6.43. The number of benzene rings is 10. The number of fused-ring (bicyclic) bond motifs is 11. The first kappa shape index (κ1) is 38.2. The SMILES string of the molecule is c1ccc(-c2c3ccccc3n3ccc4cccc(-c5ccc(-c6cccc(-c7cccc(N(c8ccc9c(c8)oc8ccccc89)c8ccc9c(c8)oc8ccccc89)c7)c6)cc5)c4c23)cc1. The summed E-state index contributed by atoms with van der Waals surface area (Å²) < 4.78 is 15.2. The number of anilines is 3. The van der Waals surface area contributed by atoms with Crippen LogP contribution in [0.5, 0.6) is 0 Å². The molecule has 4 nitrogen and oxygen atoms in total. The molecule has 4 heteroatoms. The van der Waals surface area contributed by atoms with Crippen molar-refractivity contribution in [1.29, 1.82) is 0 Å². The average molecular weight is 869 g/mol. The van der Waals surface area contributed by atoms with Crippen LogP contribution in [-0.4, -0.2) is 4.40 Å². The molecule has 4 aromatic heterocycles. The highest BCUT2D eigenvalue weighted by atomic mass is 16.3. The summed E-state index contributed by atoms with van der Waals surface area (Å²) in [4.78, 5) is 2.30. The second-order valence-corrected chi connectivity index (χ2v) is 17.7. The summed E-state index contributed by atoms with van der Waals surface area (Å²) >= 11 is 0. The summed E-state index contributed by atoms with van der Waals surface area (Å²) in [6.45, 7) is 0. The van der Waals surface area contributed by atoms with Gasteiger partial charge in [-0.05, 0) is 111 Å². The van der Waals surface area contributed by atoms with Crippen LogP contribution in [0.1, 0.15) is 0 Å². The molecule has 0 unspecified atom stereocenters. The van der Waals surface area contributed by atoms with Gasteiger partial charge in [-0.1, -0.05) is 158 Å². The van der Waals surface area contributed by atoms with E-state index >= 15 is 0 Å². The van der Waals surface area contributed by atoms with E-state index in [2.05, 4.69) is 228 Å². The summed E-state index contributed by atoms with van der Waals surface area (Å²) in [6.07, 6.45) is 2.22. The Balaban J connectivity index is 0.851. The van der Waals surface area contributed by atoms with Crippen LogP contribution in [-0.2, 0) is 0 Å². The van der Waals surface area contributed by atoms with Gasteiger partial charge in [-0.15, -0.1) is 0 Å². The summed E-state index contributed by atoms with van der Waals surface area (Å²) in [5.74, 6) is 0. The van der Waals surface area contributed by atoms with Gasteiger partial charge in [0.2, 0.25) is 0 Å². The Morgan fingerprint density at radius 1 is 0.324 bits per heavy atom. The zero-order valence-electron chi connectivity index (χ0n) is 36.8. The predicted molar refractivity (Wildman–Crippen MR) is 283 cm³/mol. The van der Waals surface area contributed by atoms with E-state index in [1.807, 2.05) is 24.3 Å². The molecule has 0 N–H and O–H groups in total. The Kier molecular flexibility index (Phi) is 8.55. The van der Waals surface area contributed by atoms with Gasteiger partial charge >= 0.3 is 0 Å². The molecule has 318 valence electrons. The van der Waals surface area contributed by atoms with Crippen molar-refractivity contribution in [1.82, 2.24) is 4.40 Å². The highest BCUT2D eigenvalue weighted by Crippen LogP contribution is 2.44. The van der Waals surface area contributed by atoms with Crippen molar-refractivity contribution < 1.29 is 8.83 Å². The molecule has 14 rings (SSSR count). The summed E-state index contributed by atoms with van der Waals surface area (Å²) in [6, 6.07) is 84.8. The number of rotatable bonds is 7. The summed E-state index contributed by atoms with van der Waals surface area (Å²) in [5.41, 5.74) is 18.4. The van der Waals surface area contributed by atoms with E-state index in [0.717, 1.165) is 83.2 Å². The molecule has 0 aliphatic carbocycles. The standard InChI is InChI=1S/C64H40N2O2/c1-2-13-43(14-3-1)63-56-22-4-7-24-57(56)65-36-35-44-15-12-23-51(62(44)64(63)65)42-29-27-41(28-30-42)45-16-10-17-46(37-45)47-18-11-19-48(38-47)66(49-31-33-54-52-20-5-8-25-58(52)67-60(54)39-49)50-32-34-55-53-21-6-9-26-59(53)68-61(55)40-50/h1-40H. The monoisotopic (exact) mass is 868 g/mol. The third-order valence-corrected chi connectivity index (χ3v) is 13.8. The van der Waals surface area contributed by atoms with E-state index in [1.165, 1.54) is 49.4 Å². The van der Waals surface area contributed by atoms with Crippen molar-refractivity contribution in [2.45, 2.75) is 0 Å². The molecule has 0 saturated heterocycles. The first-order chi connectivity index (χ1) is 33.7.